The molecule has 2 N–H and O–H groups in total. The summed E-state index contributed by atoms with van der Waals surface area (Å²) in [5, 5.41) is 11.7. The van der Waals surface area contributed by atoms with Crippen LogP contribution < -0.4 is 10.1 Å². The minimum atomic E-state index is -1.14. The number of thioether (sulfide) groups is 2. The van der Waals surface area contributed by atoms with E-state index in [0.717, 1.165) is 0 Å². The van der Waals surface area contributed by atoms with Gasteiger partial charge in [0, 0.05) is 16.4 Å². The topological polar surface area (TPSA) is 95.9 Å². The summed E-state index contributed by atoms with van der Waals surface area (Å²) in [4.78, 5) is 38.1. The van der Waals surface area contributed by atoms with Crippen molar-refractivity contribution in [3.63, 3.8) is 0 Å². The summed E-state index contributed by atoms with van der Waals surface area (Å²) in [5.74, 6) is -0.393. The molecule has 1 aromatic rings. The summed E-state index contributed by atoms with van der Waals surface area (Å²) in [5.41, 5.74) is 0.00151. The quantitative estimate of drug-likeness (QED) is 0.501. The van der Waals surface area contributed by atoms with Gasteiger partial charge in [0.1, 0.15) is 22.9 Å². The second-order valence-electron chi connectivity index (χ2n) is 5.73. The van der Waals surface area contributed by atoms with Gasteiger partial charge in [0.2, 0.25) is 0 Å². The van der Waals surface area contributed by atoms with Crippen molar-refractivity contribution >= 4 is 41.3 Å². The van der Waals surface area contributed by atoms with Crippen LogP contribution in [0.4, 0.5) is 0 Å². The normalized spacial score (nSPS) is 21.2. The summed E-state index contributed by atoms with van der Waals surface area (Å²) in [6.07, 6.45) is 1.68. The standard InChI is InChI=1S/C18H18N2O5S2/c1-2-8-26-12-10-27-17-14(16(22)20(17)15(12)18(23)24)19-13(21)9-25-11-6-4-3-5-7-11/h2-7,14,17H,1,8-10H2,(H,19,21)(H,23,24)/t14-,17+/m1/s1. The van der Waals surface area contributed by atoms with Crippen molar-refractivity contribution in [2.45, 2.75) is 11.4 Å². The van der Waals surface area contributed by atoms with Crippen molar-refractivity contribution in [2.24, 2.45) is 0 Å². The van der Waals surface area contributed by atoms with Crippen molar-refractivity contribution in [3.05, 3.63) is 53.6 Å². The molecule has 2 aliphatic rings. The first-order valence-electron chi connectivity index (χ1n) is 8.15. The fourth-order valence-corrected chi connectivity index (χ4v) is 5.11. The number of nitrogens with zero attached hydrogens (tertiary/aromatic N) is 1. The number of aliphatic carboxylic acids is 1. The number of hydrogen-bond acceptors (Lipinski definition) is 6. The van der Waals surface area contributed by atoms with E-state index in [9.17, 15) is 19.5 Å². The third-order valence-electron chi connectivity index (χ3n) is 3.94. The number of hydrogen-bond donors (Lipinski definition) is 2. The Hall–Kier alpha value is -2.39. The largest absolute Gasteiger partial charge is 0.484 e. The van der Waals surface area contributed by atoms with Gasteiger partial charge < -0.3 is 15.2 Å². The van der Waals surface area contributed by atoms with Crippen molar-refractivity contribution in [1.82, 2.24) is 10.2 Å². The predicted molar refractivity (Wildman–Crippen MR) is 104 cm³/mol. The average Bonchev–Trinajstić information content (AvgIpc) is 2.68. The maximum Gasteiger partial charge on any atom is 0.353 e. The molecule has 0 radical (unpaired) electrons. The number of carbonyl (C=O) groups excluding carboxylic acids is 2. The van der Waals surface area contributed by atoms with Crippen LogP contribution in [0.25, 0.3) is 0 Å². The molecule has 1 fully saturated rings. The van der Waals surface area contributed by atoms with E-state index >= 15 is 0 Å². The van der Waals surface area contributed by atoms with Crippen molar-refractivity contribution < 1.29 is 24.2 Å². The number of carboxylic acid groups (broad SMARTS) is 1. The second-order valence-corrected chi connectivity index (χ2v) is 7.95. The molecule has 0 aromatic heterocycles. The fraction of sp³-hybridized carbons (Fsp3) is 0.278. The Kier molecular flexibility index (Phi) is 6.12. The Bertz CT molecular complexity index is 796. The van der Waals surface area contributed by atoms with Gasteiger partial charge in [-0.1, -0.05) is 24.3 Å². The van der Waals surface area contributed by atoms with Crippen molar-refractivity contribution in [2.75, 3.05) is 18.1 Å². The first kappa shape index (κ1) is 19.4. The molecule has 7 nitrogen and oxygen atoms in total. The summed E-state index contributed by atoms with van der Waals surface area (Å²) < 4.78 is 5.37. The Morgan fingerprint density at radius 3 is 2.81 bits per heavy atom. The van der Waals surface area contributed by atoms with Gasteiger partial charge in [-0.2, -0.15) is 0 Å². The number of carbonyl (C=O) groups is 3. The highest BCUT2D eigenvalue weighted by atomic mass is 32.2. The van der Waals surface area contributed by atoms with Gasteiger partial charge in [-0.25, -0.2) is 4.79 Å². The van der Waals surface area contributed by atoms with E-state index in [1.54, 1.807) is 30.3 Å². The molecule has 0 aliphatic carbocycles. The van der Waals surface area contributed by atoms with Gasteiger partial charge in [-0.3, -0.25) is 14.5 Å². The lowest BCUT2D eigenvalue weighted by Gasteiger charge is -2.49. The lowest BCUT2D eigenvalue weighted by molar-refractivity contribution is -0.150. The minimum Gasteiger partial charge on any atom is -0.484 e. The molecule has 1 saturated heterocycles. The molecule has 142 valence electrons. The van der Waals surface area contributed by atoms with Gasteiger partial charge in [-0.05, 0) is 12.1 Å². The van der Waals surface area contributed by atoms with E-state index in [-0.39, 0.29) is 12.3 Å². The number of para-hydroxylation sites is 1. The van der Waals surface area contributed by atoms with Crippen molar-refractivity contribution in [3.8, 4) is 5.75 Å². The van der Waals surface area contributed by atoms with Crippen LogP contribution in [-0.4, -0.2) is 57.3 Å². The van der Waals surface area contributed by atoms with E-state index in [1.165, 1.54) is 28.4 Å². The zero-order valence-corrected chi connectivity index (χ0v) is 15.9. The molecule has 2 aliphatic heterocycles. The van der Waals surface area contributed by atoms with Gasteiger partial charge in [-0.15, -0.1) is 30.1 Å². The third kappa shape index (κ3) is 4.14. The summed E-state index contributed by atoms with van der Waals surface area (Å²) in [7, 11) is 0. The number of carboxylic acids is 1. The molecule has 0 bridgehead atoms. The van der Waals surface area contributed by atoms with Gasteiger partial charge in [0.05, 0.1) is 0 Å². The van der Waals surface area contributed by atoms with Gasteiger partial charge >= 0.3 is 5.97 Å². The fourth-order valence-electron chi connectivity index (χ4n) is 2.74. The molecule has 3 rings (SSSR count). The van der Waals surface area contributed by atoms with Crippen LogP contribution in [0.3, 0.4) is 0 Å². The van der Waals surface area contributed by atoms with E-state index in [0.29, 0.717) is 22.2 Å². The van der Waals surface area contributed by atoms with Crippen LogP contribution in [0.5, 0.6) is 5.75 Å². The van der Waals surface area contributed by atoms with E-state index < -0.39 is 29.2 Å². The first-order valence-corrected chi connectivity index (χ1v) is 10.2. The monoisotopic (exact) mass is 406 g/mol. The highest BCUT2D eigenvalue weighted by Gasteiger charge is 2.54. The number of β-lactam (4-membered cyclic amide) rings is 1. The van der Waals surface area contributed by atoms with Crippen LogP contribution in [0.15, 0.2) is 53.6 Å². The van der Waals surface area contributed by atoms with Crippen LogP contribution in [0.2, 0.25) is 0 Å². The second kappa shape index (κ2) is 8.53. The summed E-state index contributed by atoms with van der Waals surface area (Å²) in [6, 6.07) is 8.13. The lowest BCUT2D eigenvalue weighted by Crippen LogP contribution is -2.70. The smallest absolute Gasteiger partial charge is 0.353 e. The van der Waals surface area contributed by atoms with Crippen LogP contribution in [0.1, 0.15) is 0 Å². The molecule has 2 heterocycles. The third-order valence-corrected chi connectivity index (χ3v) is 6.49. The zero-order valence-electron chi connectivity index (χ0n) is 14.3. The Morgan fingerprint density at radius 1 is 1.41 bits per heavy atom. The molecule has 9 heteroatoms. The molecular weight excluding hydrogens is 388 g/mol. The number of ether oxygens (including phenoxy) is 1. The molecule has 0 unspecified atom stereocenters. The molecule has 2 atom stereocenters. The number of rotatable bonds is 8. The lowest BCUT2D eigenvalue weighted by atomic mass is 10.1. The van der Waals surface area contributed by atoms with Gasteiger partial charge in [0.25, 0.3) is 11.8 Å². The zero-order chi connectivity index (χ0) is 19.4. The number of benzene rings is 1. The Labute approximate surface area is 164 Å². The minimum absolute atomic E-state index is 0.00151. The molecule has 27 heavy (non-hydrogen) atoms. The van der Waals surface area contributed by atoms with Crippen LogP contribution >= 0.6 is 23.5 Å². The van der Waals surface area contributed by atoms with Gasteiger partial charge in [0.15, 0.2) is 6.61 Å². The SMILES string of the molecule is C=CCSC1=C(C(=O)O)N2C(=O)[C@@H](NC(=O)COc3ccccc3)[C@@H]2SC1. The van der Waals surface area contributed by atoms with Crippen LogP contribution in [0, 0.1) is 0 Å². The summed E-state index contributed by atoms with van der Waals surface area (Å²) >= 11 is 2.79. The molecule has 2 amide bonds. The average molecular weight is 406 g/mol. The molecule has 1 aromatic carbocycles. The van der Waals surface area contributed by atoms with Crippen LogP contribution in [-0.2, 0) is 14.4 Å². The predicted octanol–water partition coefficient (Wildman–Crippen LogP) is 1.68. The molecular formula is C18H18N2O5S2. The number of nitrogens with one attached hydrogen (secondary N) is 1. The summed E-state index contributed by atoms with van der Waals surface area (Å²) in [6.45, 7) is 3.41. The highest BCUT2D eigenvalue weighted by Crippen LogP contribution is 2.43. The number of amides is 2. The Balaban J connectivity index is 1.62. The molecule has 0 spiro atoms. The first-order chi connectivity index (χ1) is 13.0. The number of fused-ring (bicyclic) bond motifs is 1. The Morgan fingerprint density at radius 2 is 2.15 bits per heavy atom. The maximum atomic E-state index is 12.5. The molecule has 0 saturated carbocycles. The van der Waals surface area contributed by atoms with E-state index in [1.807, 2.05) is 6.07 Å². The highest BCUT2D eigenvalue weighted by molar-refractivity contribution is 8.06. The van der Waals surface area contributed by atoms with E-state index in [2.05, 4.69) is 11.9 Å². The maximum absolute atomic E-state index is 12.5. The van der Waals surface area contributed by atoms with E-state index in [4.69, 9.17) is 4.74 Å². The van der Waals surface area contributed by atoms with Crippen molar-refractivity contribution in [1.29, 1.82) is 0 Å².